The molecule has 0 aromatic carbocycles. The number of hydrogen-bond acceptors (Lipinski definition) is 3. The molecule has 0 saturated carbocycles. The lowest BCUT2D eigenvalue weighted by Crippen LogP contribution is -2.42. The third-order valence-electron chi connectivity index (χ3n) is 2.25. The Hall–Kier alpha value is -1.09. The lowest BCUT2D eigenvalue weighted by Gasteiger charge is -2.25. The lowest BCUT2D eigenvalue weighted by atomic mass is 10.1. The van der Waals surface area contributed by atoms with Crippen molar-refractivity contribution in [1.82, 2.24) is 10.3 Å². The summed E-state index contributed by atoms with van der Waals surface area (Å²) in [5.74, 6) is 0.838. The minimum absolute atomic E-state index is 0.131. The summed E-state index contributed by atoms with van der Waals surface area (Å²) in [6.45, 7) is 9.46. The Morgan fingerprint density at radius 1 is 1.44 bits per heavy atom. The number of aromatic nitrogens is 1. The minimum atomic E-state index is 0.131. The Morgan fingerprint density at radius 3 is 2.69 bits per heavy atom. The molecule has 0 amide bonds. The van der Waals surface area contributed by atoms with E-state index < -0.39 is 0 Å². The highest BCUT2D eigenvalue weighted by Crippen LogP contribution is 2.11. The Morgan fingerprint density at radius 2 is 2.19 bits per heavy atom. The van der Waals surface area contributed by atoms with E-state index in [0.29, 0.717) is 0 Å². The molecule has 1 unspecified atom stereocenters. The molecular formula is C13H22N2O. The summed E-state index contributed by atoms with van der Waals surface area (Å²) in [5, 5.41) is 3.45. The van der Waals surface area contributed by atoms with Crippen LogP contribution in [0.15, 0.2) is 24.5 Å². The van der Waals surface area contributed by atoms with E-state index >= 15 is 0 Å². The minimum Gasteiger partial charge on any atom is -0.488 e. The van der Waals surface area contributed by atoms with Crippen LogP contribution in [0.2, 0.25) is 0 Å². The standard InChI is InChI=1S/C13H22N2O/c1-5-11(10-15-13(2,3)4)16-12-7-6-8-14-9-12/h6-9,11,15H,5,10H2,1-4H3. The maximum atomic E-state index is 5.83. The third-order valence-corrected chi connectivity index (χ3v) is 2.25. The first kappa shape index (κ1) is 13.0. The summed E-state index contributed by atoms with van der Waals surface area (Å²) in [4.78, 5) is 4.04. The first-order chi connectivity index (χ1) is 7.51. The molecule has 1 N–H and O–H groups in total. The van der Waals surface area contributed by atoms with Crippen molar-refractivity contribution in [1.29, 1.82) is 0 Å². The number of rotatable bonds is 5. The van der Waals surface area contributed by atoms with Gasteiger partial charge in [-0.15, -0.1) is 0 Å². The Kier molecular flexibility index (Phi) is 4.74. The molecular weight excluding hydrogens is 200 g/mol. The van der Waals surface area contributed by atoms with E-state index in [4.69, 9.17) is 4.74 Å². The van der Waals surface area contributed by atoms with E-state index in [0.717, 1.165) is 18.7 Å². The molecule has 0 saturated heterocycles. The van der Waals surface area contributed by atoms with E-state index in [9.17, 15) is 0 Å². The highest BCUT2D eigenvalue weighted by atomic mass is 16.5. The van der Waals surface area contributed by atoms with Gasteiger partial charge in [0, 0.05) is 18.3 Å². The molecule has 0 bridgehead atoms. The van der Waals surface area contributed by atoms with Crippen molar-refractivity contribution in [2.75, 3.05) is 6.54 Å². The molecule has 1 heterocycles. The number of hydrogen-bond donors (Lipinski definition) is 1. The van der Waals surface area contributed by atoms with Gasteiger partial charge >= 0.3 is 0 Å². The van der Waals surface area contributed by atoms with Crippen molar-refractivity contribution in [3.05, 3.63) is 24.5 Å². The van der Waals surface area contributed by atoms with E-state index in [1.807, 2.05) is 12.1 Å². The van der Waals surface area contributed by atoms with Crippen molar-refractivity contribution in [2.24, 2.45) is 0 Å². The van der Waals surface area contributed by atoms with Gasteiger partial charge in [-0.2, -0.15) is 0 Å². The number of nitrogens with zero attached hydrogens (tertiary/aromatic N) is 1. The van der Waals surface area contributed by atoms with Gasteiger partial charge in [0.2, 0.25) is 0 Å². The zero-order valence-corrected chi connectivity index (χ0v) is 10.7. The zero-order chi connectivity index (χ0) is 12.0. The van der Waals surface area contributed by atoms with Gasteiger partial charge in [0.25, 0.3) is 0 Å². The van der Waals surface area contributed by atoms with Gasteiger partial charge in [0.15, 0.2) is 0 Å². The average molecular weight is 222 g/mol. The fourth-order valence-corrected chi connectivity index (χ4v) is 1.30. The fourth-order valence-electron chi connectivity index (χ4n) is 1.30. The summed E-state index contributed by atoms with van der Waals surface area (Å²) in [6, 6.07) is 3.83. The van der Waals surface area contributed by atoms with Crippen LogP contribution in [0.1, 0.15) is 34.1 Å². The van der Waals surface area contributed by atoms with E-state index in [-0.39, 0.29) is 11.6 Å². The molecule has 1 atom stereocenters. The van der Waals surface area contributed by atoms with Crippen LogP contribution in [-0.2, 0) is 0 Å². The molecule has 16 heavy (non-hydrogen) atoms. The summed E-state index contributed by atoms with van der Waals surface area (Å²) in [7, 11) is 0. The normalized spacial score (nSPS) is 13.5. The average Bonchev–Trinajstić information content (AvgIpc) is 2.24. The van der Waals surface area contributed by atoms with Gasteiger partial charge in [-0.25, -0.2) is 0 Å². The van der Waals surface area contributed by atoms with E-state index in [2.05, 4.69) is 38.0 Å². The molecule has 90 valence electrons. The molecule has 0 spiro atoms. The molecule has 1 aromatic rings. The second kappa shape index (κ2) is 5.85. The first-order valence-electron chi connectivity index (χ1n) is 5.83. The molecule has 1 aromatic heterocycles. The van der Waals surface area contributed by atoms with Gasteiger partial charge in [-0.3, -0.25) is 4.98 Å². The Balaban J connectivity index is 2.44. The number of ether oxygens (including phenoxy) is 1. The van der Waals surface area contributed by atoms with E-state index in [1.54, 1.807) is 12.4 Å². The molecule has 0 aliphatic heterocycles. The van der Waals surface area contributed by atoms with Gasteiger partial charge in [0.05, 0.1) is 6.20 Å². The van der Waals surface area contributed by atoms with Crippen LogP contribution in [-0.4, -0.2) is 23.2 Å². The van der Waals surface area contributed by atoms with Crippen LogP contribution in [0, 0.1) is 0 Å². The lowest BCUT2D eigenvalue weighted by molar-refractivity contribution is 0.180. The van der Waals surface area contributed by atoms with Gasteiger partial charge in [0.1, 0.15) is 11.9 Å². The second-order valence-corrected chi connectivity index (χ2v) is 4.97. The molecule has 0 fully saturated rings. The summed E-state index contributed by atoms with van der Waals surface area (Å²) in [5.41, 5.74) is 0.131. The Labute approximate surface area is 98.2 Å². The van der Waals surface area contributed by atoms with Crippen LogP contribution >= 0.6 is 0 Å². The zero-order valence-electron chi connectivity index (χ0n) is 10.7. The van der Waals surface area contributed by atoms with Gasteiger partial charge in [-0.05, 0) is 39.3 Å². The molecule has 0 aliphatic rings. The third kappa shape index (κ3) is 5.12. The topological polar surface area (TPSA) is 34.1 Å². The summed E-state index contributed by atoms with van der Waals surface area (Å²) in [6.07, 6.45) is 4.68. The second-order valence-electron chi connectivity index (χ2n) is 4.97. The number of nitrogens with one attached hydrogen (secondary N) is 1. The van der Waals surface area contributed by atoms with Gasteiger partial charge in [-0.1, -0.05) is 6.92 Å². The van der Waals surface area contributed by atoms with Crippen LogP contribution in [0.3, 0.4) is 0 Å². The van der Waals surface area contributed by atoms with Crippen LogP contribution in [0.4, 0.5) is 0 Å². The molecule has 3 heteroatoms. The smallest absolute Gasteiger partial charge is 0.138 e. The molecule has 0 aliphatic carbocycles. The summed E-state index contributed by atoms with van der Waals surface area (Å²) >= 11 is 0. The summed E-state index contributed by atoms with van der Waals surface area (Å²) < 4.78 is 5.83. The van der Waals surface area contributed by atoms with Crippen LogP contribution in [0.25, 0.3) is 0 Å². The predicted molar refractivity (Wildman–Crippen MR) is 66.7 cm³/mol. The van der Waals surface area contributed by atoms with Crippen LogP contribution < -0.4 is 10.1 Å². The number of pyridine rings is 1. The molecule has 1 rings (SSSR count). The van der Waals surface area contributed by atoms with Crippen molar-refractivity contribution in [3.8, 4) is 5.75 Å². The highest BCUT2D eigenvalue weighted by Gasteiger charge is 2.13. The highest BCUT2D eigenvalue weighted by molar-refractivity contribution is 5.15. The maximum Gasteiger partial charge on any atom is 0.138 e. The molecule has 3 nitrogen and oxygen atoms in total. The quantitative estimate of drug-likeness (QED) is 0.831. The SMILES string of the molecule is CCC(CNC(C)(C)C)Oc1cccnc1. The van der Waals surface area contributed by atoms with Crippen molar-refractivity contribution < 1.29 is 4.74 Å². The first-order valence-corrected chi connectivity index (χ1v) is 5.83. The molecule has 0 radical (unpaired) electrons. The fraction of sp³-hybridized carbons (Fsp3) is 0.615. The van der Waals surface area contributed by atoms with Gasteiger partial charge < -0.3 is 10.1 Å². The van der Waals surface area contributed by atoms with Crippen molar-refractivity contribution in [3.63, 3.8) is 0 Å². The van der Waals surface area contributed by atoms with Crippen molar-refractivity contribution >= 4 is 0 Å². The Bertz CT molecular complexity index is 293. The van der Waals surface area contributed by atoms with Crippen molar-refractivity contribution in [2.45, 2.75) is 45.8 Å². The van der Waals surface area contributed by atoms with E-state index in [1.165, 1.54) is 0 Å². The monoisotopic (exact) mass is 222 g/mol. The predicted octanol–water partition coefficient (Wildman–Crippen LogP) is 2.63. The van der Waals surface area contributed by atoms with Crippen LogP contribution in [0.5, 0.6) is 5.75 Å². The maximum absolute atomic E-state index is 5.83. The largest absolute Gasteiger partial charge is 0.488 e.